The zero-order valence-corrected chi connectivity index (χ0v) is 6.76. The van der Waals surface area contributed by atoms with Crippen LogP contribution in [0.1, 0.15) is 20.3 Å². The Labute approximate surface area is 65.6 Å². The summed E-state index contributed by atoms with van der Waals surface area (Å²) in [4.78, 5) is 20.8. The fourth-order valence-electron chi connectivity index (χ4n) is 0.497. The summed E-state index contributed by atoms with van der Waals surface area (Å²) in [6.45, 7) is 3.73. The van der Waals surface area contributed by atoms with Crippen LogP contribution in [0.25, 0.3) is 0 Å². The van der Waals surface area contributed by atoms with E-state index in [0.717, 1.165) is 0 Å². The molecule has 0 aromatic carbocycles. The largest absolute Gasteiger partial charge is 0.481 e. The van der Waals surface area contributed by atoms with Crippen LogP contribution in [0.2, 0.25) is 0 Å². The molecule has 0 aliphatic rings. The van der Waals surface area contributed by atoms with E-state index < -0.39 is 5.97 Å². The van der Waals surface area contributed by atoms with E-state index in [4.69, 9.17) is 5.11 Å². The topological polar surface area (TPSA) is 66.4 Å². The zero-order valence-electron chi connectivity index (χ0n) is 6.76. The summed E-state index contributed by atoms with van der Waals surface area (Å²) < 4.78 is 0. The van der Waals surface area contributed by atoms with E-state index in [2.05, 4.69) is 5.32 Å². The molecule has 0 aromatic heterocycles. The van der Waals surface area contributed by atoms with Crippen molar-refractivity contribution in [1.82, 2.24) is 5.32 Å². The van der Waals surface area contributed by atoms with Gasteiger partial charge in [0.1, 0.15) is 0 Å². The first kappa shape index (κ1) is 9.94. The maximum atomic E-state index is 10.8. The number of aliphatic carboxylic acids is 1. The molecular formula is C7H13NO3. The van der Waals surface area contributed by atoms with Crippen molar-refractivity contribution in [3.63, 3.8) is 0 Å². The summed E-state index contributed by atoms with van der Waals surface area (Å²) in [5.74, 6) is -1.08. The van der Waals surface area contributed by atoms with Crippen LogP contribution in [0.3, 0.4) is 0 Å². The third-order valence-electron chi connectivity index (χ3n) is 1.16. The number of carbonyl (C=O) groups is 2. The molecule has 0 bridgehead atoms. The minimum Gasteiger partial charge on any atom is -0.481 e. The van der Waals surface area contributed by atoms with E-state index in [1.54, 1.807) is 13.8 Å². The third-order valence-corrected chi connectivity index (χ3v) is 1.16. The molecular weight excluding hydrogens is 146 g/mol. The Morgan fingerprint density at radius 3 is 2.36 bits per heavy atom. The number of carboxylic acids is 1. The third kappa shape index (κ3) is 5.39. The molecule has 0 fully saturated rings. The van der Waals surface area contributed by atoms with Gasteiger partial charge in [0, 0.05) is 12.5 Å². The highest BCUT2D eigenvalue weighted by atomic mass is 16.4. The van der Waals surface area contributed by atoms with Crippen LogP contribution in [0.4, 0.5) is 0 Å². The fraction of sp³-hybridized carbons (Fsp3) is 0.714. The molecule has 4 heteroatoms. The van der Waals surface area contributed by atoms with E-state index in [0.29, 0.717) is 0 Å². The first-order chi connectivity index (χ1) is 5.04. The molecule has 11 heavy (non-hydrogen) atoms. The molecule has 0 rings (SSSR count). The second-order valence-corrected chi connectivity index (χ2v) is 2.59. The van der Waals surface area contributed by atoms with E-state index in [9.17, 15) is 9.59 Å². The van der Waals surface area contributed by atoms with Crippen molar-refractivity contribution < 1.29 is 14.7 Å². The molecule has 0 aromatic rings. The normalized spacial score (nSPS) is 9.73. The van der Waals surface area contributed by atoms with Gasteiger partial charge in [-0.25, -0.2) is 0 Å². The SMILES string of the molecule is CC(C)C(=O)NCCC(=O)O. The Morgan fingerprint density at radius 1 is 1.45 bits per heavy atom. The minimum atomic E-state index is -0.894. The van der Waals surface area contributed by atoms with Crippen LogP contribution in [0, 0.1) is 5.92 Å². The summed E-state index contributed by atoms with van der Waals surface area (Å²) in [6.07, 6.45) is -0.0154. The molecule has 0 aliphatic carbocycles. The lowest BCUT2D eigenvalue weighted by Gasteiger charge is -2.04. The van der Waals surface area contributed by atoms with E-state index >= 15 is 0 Å². The highest BCUT2D eigenvalue weighted by molar-refractivity contribution is 5.78. The van der Waals surface area contributed by atoms with Crippen molar-refractivity contribution in [2.45, 2.75) is 20.3 Å². The molecule has 0 atom stereocenters. The van der Waals surface area contributed by atoms with Crippen molar-refractivity contribution in [3.05, 3.63) is 0 Å². The lowest BCUT2D eigenvalue weighted by atomic mass is 10.2. The average Bonchev–Trinajstić information content (AvgIpc) is 1.86. The van der Waals surface area contributed by atoms with Gasteiger partial charge in [-0.05, 0) is 0 Å². The number of carboxylic acid groups (broad SMARTS) is 1. The van der Waals surface area contributed by atoms with Crippen LogP contribution in [-0.4, -0.2) is 23.5 Å². The Morgan fingerprint density at radius 2 is 2.00 bits per heavy atom. The molecule has 0 radical (unpaired) electrons. The number of rotatable bonds is 4. The van der Waals surface area contributed by atoms with Crippen molar-refractivity contribution in [3.8, 4) is 0 Å². The number of hydrogen-bond donors (Lipinski definition) is 2. The quantitative estimate of drug-likeness (QED) is 0.617. The molecule has 2 N–H and O–H groups in total. The predicted octanol–water partition coefficient (Wildman–Crippen LogP) is 0.233. The van der Waals surface area contributed by atoms with Gasteiger partial charge in [0.15, 0.2) is 0 Å². The second kappa shape index (κ2) is 4.71. The molecule has 0 unspecified atom stereocenters. The summed E-state index contributed by atoms with van der Waals surface area (Å²) in [5.41, 5.74) is 0. The molecule has 1 amide bonds. The maximum Gasteiger partial charge on any atom is 0.305 e. The van der Waals surface area contributed by atoms with Gasteiger partial charge in [0.05, 0.1) is 6.42 Å². The van der Waals surface area contributed by atoms with Crippen LogP contribution < -0.4 is 5.32 Å². The number of nitrogens with one attached hydrogen (secondary N) is 1. The Kier molecular flexibility index (Phi) is 4.26. The maximum absolute atomic E-state index is 10.8. The average molecular weight is 159 g/mol. The van der Waals surface area contributed by atoms with E-state index in [1.165, 1.54) is 0 Å². The molecule has 0 saturated heterocycles. The van der Waals surface area contributed by atoms with Crippen LogP contribution in [0.5, 0.6) is 0 Å². The highest BCUT2D eigenvalue weighted by Crippen LogP contribution is 1.89. The summed E-state index contributed by atoms with van der Waals surface area (Å²) >= 11 is 0. The summed E-state index contributed by atoms with van der Waals surface area (Å²) in [5, 5.41) is 10.7. The van der Waals surface area contributed by atoms with Gasteiger partial charge < -0.3 is 10.4 Å². The minimum absolute atomic E-state index is 0.0154. The van der Waals surface area contributed by atoms with Gasteiger partial charge in [-0.2, -0.15) is 0 Å². The van der Waals surface area contributed by atoms with Crippen LogP contribution >= 0.6 is 0 Å². The fourth-order valence-corrected chi connectivity index (χ4v) is 0.497. The number of carbonyl (C=O) groups excluding carboxylic acids is 1. The lowest BCUT2D eigenvalue weighted by molar-refractivity contribution is -0.137. The van der Waals surface area contributed by atoms with Gasteiger partial charge in [0.25, 0.3) is 0 Å². The van der Waals surface area contributed by atoms with Gasteiger partial charge in [-0.1, -0.05) is 13.8 Å². The van der Waals surface area contributed by atoms with Gasteiger partial charge in [-0.15, -0.1) is 0 Å². The van der Waals surface area contributed by atoms with E-state index in [1.807, 2.05) is 0 Å². The predicted molar refractivity (Wildman–Crippen MR) is 40.1 cm³/mol. The Bertz CT molecular complexity index is 154. The molecule has 0 spiro atoms. The molecule has 0 heterocycles. The van der Waals surface area contributed by atoms with Crippen molar-refractivity contribution >= 4 is 11.9 Å². The Hall–Kier alpha value is -1.06. The second-order valence-electron chi connectivity index (χ2n) is 2.59. The van der Waals surface area contributed by atoms with Crippen LogP contribution in [-0.2, 0) is 9.59 Å². The summed E-state index contributed by atoms with van der Waals surface area (Å²) in [6, 6.07) is 0. The van der Waals surface area contributed by atoms with Crippen LogP contribution in [0.15, 0.2) is 0 Å². The smallest absolute Gasteiger partial charge is 0.305 e. The molecule has 64 valence electrons. The standard InChI is InChI=1S/C7H13NO3/c1-5(2)7(11)8-4-3-6(9)10/h5H,3-4H2,1-2H3,(H,8,11)(H,9,10). The summed E-state index contributed by atoms with van der Waals surface area (Å²) in [7, 11) is 0. The zero-order chi connectivity index (χ0) is 8.85. The van der Waals surface area contributed by atoms with Crippen molar-refractivity contribution in [2.75, 3.05) is 6.54 Å². The first-order valence-corrected chi connectivity index (χ1v) is 3.53. The Balaban J connectivity index is 3.39. The highest BCUT2D eigenvalue weighted by Gasteiger charge is 2.05. The van der Waals surface area contributed by atoms with E-state index in [-0.39, 0.29) is 24.8 Å². The molecule has 0 saturated carbocycles. The lowest BCUT2D eigenvalue weighted by Crippen LogP contribution is -2.29. The van der Waals surface area contributed by atoms with Gasteiger partial charge >= 0.3 is 5.97 Å². The number of amides is 1. The van der Waals surface area contributed by atoms with Gasteiger partial charge in [0.2, 0.25) is 5.91 Å². The van der Waals surface area contributed by atoms with Gasteiger partial charge in [-0.3, -0.25) is 9.59 Å². The monoisotopic (exact) mass is 159 g/mol. The first-order valence-electron chi connectivity index (χ1n) is 3.53. The van der Waals surface area contributed by atoms with Crippen molar-refractivity contribution in [1.29, 1.82) is 0 Å². The number of hydrogen-bond acceptors (Lipinski definition) is 2. The molecule has 0 aliphatic heterocycles. The van der Waals surface area contributed by atoms with Crippen molar-refractivity contribution in [2.24, 2.45) is 5.92 Å². The molecule has 4 nitrogen and oxygen atoms in total.